The lowest BCUT2D eigenvalue weighted by atomic mass is 9.78. The van der Waals surface area contributed by atoms with Crippen molar-refractivity contribution < 1.29 is 23.9 Å². The van der Waals surface area contributed by atoms with Gasteiger partial charge in [0.05, 0.1) is 33.1 Å². The minimum Gasteiger partial charge on any atom is -0.480 e. The van der Waals surface area contributed by atoms with Gasteiger partial charge in [0.2, 0.25) is 0 Å². The number of carboxylic acids is 1. The number of aliphatic carboxylic acids is 1. The minimum absolute atomic E-state index is 0.0880. The van der Waals surface area contributed by atoms with Crippen molar-refractivity contribution in [3.8, 4) is 23.0 Å². The van der Waals surface area contributed by atoms with Crippen LogP contribution in [0.5, 0.6) is 0 Å². The second-order valence-corrected chi connectivity index (χ2v) is 9.95. The van der Waals surface area contributed by atoms with E-state index in [-0.39, 0.29) is 12.5 Å². The number of amides is 1. The first-order valence-electron chi connectivity index (χ1n) is 11.1. The van der Waals surface area contributed by atoms with E-state index in [1.807, 2.05) is 64.5 Å². The average Bonchev–Trinajstić information content (AvgIpc) is 3.07. The maximum atomic E-state index is 12.8. The zero-order valence-corrected chi connectivity index (χ0v) is 20.0. The topological polar surface area (TPSA) is 75.6 Å². The summed E-state index contributed by atoms with van der Waals surface area (Å²) < 4.78 is 6.14. The van der Waals surface area contributed by atoms with Gasteiger partial charge in [-0.2, -0.15) is 0 Å². The molecule has 6 heteroatoms. The van der Waals surface area contributed by atoms with Gasteiger partial charge in [-0.3, -0.25) is 0 Å². The number of benzene rings is 2. The summed E-state index contributed by atoms with van der Waals surface area (Å²) >= 11 is 0. The monoisotopic (exact) mass is 449 g/mol. The number of carboxylic acid groups (broad SMARTS) is 1. The molecule has 0 heterocycles. The third kappa shape index (κ3) is 5.55. The number of ether oxygens (including phenoxy) is 1. The van der Waals surface area contributed by atoms with Crippen molar-refractivity contribution in [3.05, 3.63) is 59.7 Å². The molecule has 33 heavy (non-hydrogen) atoms. The second-order valence-electron chi connectivity index (χ2n) is 9.95. The number of hydrogen-bond acceptors (Lipinski definition) is 3. The normalized spacial score (nSPS) is 15.3. The van der Waals surface area contributed by atoms with Crippen LogP contribution in [0.15, 0.2) is 48.5 Å². The van der Waals surface area contributed by atoms with Crippen molar-refractivity contribution in [2.75, 3.05) is 34.3 Å². The van der Waals surface area contributed by atoms with Gasteiger partial charge in [-0.05, 0) is 29.2 Å². The standard InChI is InChI=1S/C27H32N2O4/c1-6-7-16-27(2,18-29(3,4)5)24(25(30)31)28-26(32)33-17-23-21-14-10-8-12-19(21)20-13-9-11-15-22(20)23/h8-15,23-24H,16-18H2,1-5H3,(H-,28,30,31,32)/p+1/t24-,27-/m0/s1. The maximum Gasteiger partial charge on any atom is 0.407 e. The Hall–Kier alpha value is -3.30. The van der Waals surface area contributed by atoms with Crippen LogP contribution in [0.3, 0.4) is 0 Å². The Kier molecular flexibility index (Phi) is 7.14. The summed E-state index contributed by atoms with van der Waals surface area (Å²) in [6.45, 7) is 4.22. The summed E-state index contributed by atoms with van der Waals surface area (Å²) in [4.78, 5) is 25.0. The quantitative estimate of drug-likeness (QED) is 0.470. The molecule has 0 unspecified atom stereocenters. The summed E-state index contributed by atoms with van der Waals surface area (Å²) in [5.74, 6) is 4.66. The van der Waals surface area contributed by atoms with E-state index in [0.29, 0.717) is 17.4 Å². The molecule has 2 aromatic carbocycles. The summed E-state index contributed by atoms with van der Waals surface area (Å²) in [6, 6.07) is 15.0. The fraction of sp³-hybridized carbons (Fsp3) is 0.407. The molecule has 2 atom stereocenters. The lowest BCUT2D eigenvalue weighted by Gasteiger charge is -2.39. The maximum absolute atomic E-state index is 12.8. The Morgan fingerprint density at radius 3 is 2.12 bits per heavy atom. The van der Waals surface area contributed by atoms with Crippen LogP contribution in [0.25, 0.3) is 11.1 Å². The molecule has 1 aliphatic carbocycles. The predicted molar refractivity (Wildman–Crippen MR) is 129 cm³/mol. The molecule has 2 N–H and O–H groups in total. The highest BCUT2D eigenvalue weighted by atomic mass is 16.5. The molecule has 0 bridgehead atoms. The summed E-state index contributed by atoms with van der Waals surface area (Å²) in [5.41, 5.74) is 3.71. The number of quaternary nitrogens is 1. The highest BCUT2D eigenvalue weighted by molar-refractivity contribution is 5.81. The first-order chi connectivity index (χ1) is 15.6. The van der Waals surface area contributed by atoms with Crippen molar-refractivity contribution >= 4 is 12.1 Å². The van der Waals surface area contributed by atoms with Crippen LogP contribution in [0, 0.1) is 17.3 Å². The molecule has 0 fully saturated rings. The number of carbonyl (C=O) groups excluding carboxylic acids is 1. The Bertz CT molecular complexity index is 1050. The largest absolute Gasteiger partial charge is 0.480 e. The van der Waals surface area contributed by atoms with Gasteiger partial charge in [-0.25, -0.2) is 9.59 Å². The molecule has 0 radical (unpaired) electrons. The van der Waals surface area contributed by atoms with Crippen molar-refractivity contribution in [1.82, 2.24) is 5.32 Å². The van der Waals surface area contributed by atoms with Crippen molar-refractivity contribution in [3.63, 3.8) is 0 Å². The van der Waals surface area contributed by atoms with Gasteiger partial charge in [-0.15, -0.1) is 11.8 Å². The molecular weight excluding hydrogens is 416 g/mol. The third-order valence-corrected chi connectivity index (χ3v) is 6.05. The highest BCUT2D eigenvalue weighted by Gasteiger charge is 2.44. The smallest absolute Gasteiger partial charge is 0.407 e. The van der Waals surface area contributed by atoms with Crippen LogP contribution in [0.4, 0.5) is 4.79 Å². The van der Waals surface area contributed by atoms with Gasteiger partial charge in [-0.1, -0.05) is 55.5 Å². The molecular formula is C27H33N2O4+. The highest BCUT2D eigenvalue weighted by Crippen LogP contribution is 2.44. The SMILES string of the molecule is CC#CC[C@@](C)(C[N+](C)(C)C)[C@@H](NC(=O)OCC1c2ccccc2-c2ccccc21)C(=O)O. The van der Waals surface area contributed by atoms with Gasteiger partial charge in [0.15, 0.2) is 0 Å². The summed E-state index contributed by atoms with van der Waals surface area (Å²) in [5, 5.41) is 12.6. The fourth-order valence-corrected chi connectivity index (χ4v) is 4.92. The zero-order valence-electron chi connectivity index (χ0n) is 20.0. The minimum atomic E-state index is -1.13. The predicted octanol–water partition coefficient (Wildman–Crippen LogP) is 4.10. The van der Waals surface area contributed by atoms with Crippen molar-refractivity contribution in [2.24, 2.45) is 5.41 Å². The van der Waals surface area contributed by atoms with E-state index >= 15 is 0 Å². The summed E-state index contributed by atoms with van der Waals surface area (Å²) in [6.07, 6.45) is -0.388. The van der Waals surface area contributed by atoms with E-state index in [1.165, 1.54) is 0 Å². The zero-order chi connectivity index (χ0) is 24.2. The number of hydrogen-bond donors (Lipinski definition) is 2. The number of carbonyl (C=O) groups is 2. The van der Waals surface area contributed by atoms with Gasteiger partial charge < -0.3 is 19.6 Å². The molecule has 6 nitrogen and oxygen atoms in total. The lowest BCUT2D eigenvalue weighted by molar-refractivity contribution is -0.877. The Morgan fingerprint density at radius 2 is 1.64 bits per heavy atom. The van der Waals surface area contributed by atoms with Gasteiger partial charge >= 0.3 is 12.1 Å². The van der Waals surface area contributed by atoms with Gasteiger partial charge in [0.25, 0.3) is 0 Å². The van der Waals surface area contributed by atoms with Crippen molar-refractivity contribution in [1.29, 1.82) is 0 Å². The van der Waals surface area contributed by atoms with Gasteiger partial charge in [0, 0.05) is 12.3 Å². The molecule has 0 saturated carbocycles. The van der Waals surface area contributed by atoms with E-state index in [4.69, 9.17) is 4.74 Å². The molecule has 0 aromatic heterocycles. The van der Waals surface area contributed by atoms with Crippen LogP contribution in [-0.4, -0.2) is 62.0 Å². The molecule has 1 aliphatic rings. The fourth-order valence-electron chi connectivity index (χ4n) is 4.92. The van der Waals surface area contributed by atoms with Crippen molar-refractivity contribution in [2.45, 2.75) is 32.2 Å². The number of nitrogens with one attached hydrogen (secondary N) is 1. The number of nitrogens with zero attached hydrogens (tertiary/aromatic N) is 1. The second kappa shape index (κ2) is 9.68. The van der Waals surface area contributed by atoms with E-state index in [0.717, 1.165) is 22.3 Å². The molecule has 3 rings (SSSR count). The van der Waals surface area contributed by atoms with E-state index in [2.05, 4.69) is 29.3 Å². The van der Waals surface area contributed by atoms with E-state index < -0.39 is 23.5 Å². The summed E-state index contributed by atoms with van der Waals surface area (Å²) in [7, 11) is 5.97. The van der Waals surface area contributed by atoms with Crippen LogP contribution < -0.4 is 5.32 Å². The molecule has 0 aliphatic heterocycles. The van der Waals surface area contributed by atoms with E-state index in [9.17, 15) is 14.7 Å². The molecule has 0 spiro atoms. The lowest BCUT2D eigenvalue weighted by Crippen LogP contribution is -2.58. The molecule has 1 amide bonds. The number of alkyl carbamates (subject to hydrolysis) is 1. The molecule has 174 valence electrons. The number of fused-ring (bicyclic) bond motifs is 3. The van der Waals surface area contributed by atoms with Crippen LogP contribution >= 0.6 is 0 Å². The van der Waals surface area contributed by atoms with Crippen LogP contribution in [0.1, 0.15) is 37.3 Å². The Labute approximate surface area is 196 Å². The molecule has 2 aromatic rings. The third-order valence-electron chi connectivity index (χ3n) is 6.05. The van der Waals surface area contributed by atoms with Gasteiger partial charge in [0.1, 0.15) is 12.6 Å². The first kappa shape index (κ1) is 24.3. The van der Waals surface area contributed by atoms with Crippen LogP contribution in [-0.2, 0) is 9.53 Å². The van der Waals surface area contributed by atoms with E-state index in [1.54, 1.807) is 6.92 Å². The average molecular weight is 450 g/mol. The first-order valence-corrected chi connectivity index (χ1v) is 11.1. The molecule has 0 saturated heterocycles. The Morgan fingerprint density at radius 1 is 1.09 bits per heavy atom. The van der Waals surface area contributed by atoms with Crippen LogP contribution in [0.2, 0.25) is 0 Å². The number of rotatable bonds is 8. The Balaban J connectivity index is 1.77.